The number of fused-ring (bicyclic) bond motifs is 3. The van der Waals surface area contributed by atoms with Gasteiger partial charge in [0, 0.05) is 36.9 Å². The Morgan fingerprint density at radius 2 is 1.59 bits per heavy atom. The molecule has 1 aliphatic carbocycles. The summed E-state index contributed by atoms with van der Waals surface area (Å²) in [5.41, 5.74) is 5.88. The number of carbonyl (C=O) groups excluding carboxylic acids is 2. The first-order chi connectivity index (χ1) is 19.9. The number of nitrogens with one attached hydrogen (secondary N) is 1. The minimum Gasteiger partial charge on any atom is -0.481 e. The van der Waals surface area contributed by atoms with E-state index in [9.17, 15) is 19.5 Å². The van der Waals surface area contributed by atoms with Crippen molar-refractivity contribution in [3.63, 3.8) is 0 Å². The summed E-state index contributed by atoms with van der Waals surface area (Å²) >= 11 is 1.39. The SMILES string of the molecule is Cc1sc(CCNC(=O)OCC2c3ccccc3-c3ccccc32)nc1C(=O)N(CCC(=O)O)Cc1ccccc1. The van der Waals surface area contributed by atoms with E-state index in [0.717, 1.165) is 21.6 Å². The lowest BCUT2D eigenvalue weighted by Gasteiger charge is -2.21. The van der Waals surface area contributed by atoms with E-state index in [1.165, 1.54) is 27.4 Å². The molecule has 0 bridgehead atoms. The molecule has 0 radical (unpaired) electrons. The normalized spacial score (nSPS) is 11.9. The van der Waals surface area contributed by atoms with E-state index in [-0.39, 0.29) is 31.4 Å². The van der Waals surface area contributed by atoms with Gasteiger partial charge in [0.1, 0.15) is 12.3 Å². The molecule has 41 heavy (non-hydrogen) atoms. The lowest BCUT2D eigenvalue weighted by atomic mass is 9.98. The third kappa shape index (κ3) is 6.63. The first kappa shape index (κ1) is 28.0. The number of amides is 2. The van der Waals surface area contributed by atoms with Crippen molar-refractivity contribution < 1.29 is 24.2 Å². The Labute approximate surface area is 242 Å². The Bertz CT molecular complexity index is 1510. The van der Waals surface area contributed by atoms with E-state index < -0.39 is 12.1 Å². The van der Waals surface area contributed by atoms with Gasteiger partial charge in [-0.2, -0.15) is 0 Å². The zero-order valence-corrected chi connectivity index (χ0v) is 23.5. The van der Waals surface area contributed by atoms with Crippen molar-refractivity contribution in [2.45, 2.75) is 32.2 Å². The van der Waals surface area contributed by atoms with Crippen LogP contribution in [0.1, 0.15) is 49.4 Å². The number of carbonyl (C=O) groups is 3. The number of ether oxygens (including phenoxy) is 1. The van der Waals surface area contributed by atoms with Gasteiger partial charge in [0.05, 0.1) is 11.4 Å². The Hall–Kier alpha value is -4.50. The van der Waals surface area contributed by atoms with Gasteiger partial charge in [0.15, 0.2) is 0 Å². The molecule has 1 heterocycles. The topological polar surface area (TPSA) is 109 Å². The molecule has 0 spiro atoms. The molecule has 5 rings (SSSR count). The van der Waals surface area contributed by atoms with Gasteiger partial charge in [-0.05, 0) is 34.7 Å². The Morgan fingerprint density at radius 3 is 2.24 bits per heavy atom. The van der Waals surface area contributed by atoms with Crippen molar-refractivity contribution in [1.29, 1.82) is 0 Å². The Morgan fingerprint density at radius 1 is 0.951 bits per heavy atom. The fourth-order valence-electron chi connectivity index (χ4n) is 5.11. The second-order valence-electron chi connectivity index (χ2n) is 9.87. The lowest BCUT2D eigenvalue weighted by molar-refractivity contribution is -0.137. The van der Waals surface area contributed by atoms with Crippen LogP contribution in [0.3, 0.4) is 0 Å². The average molecular weight is 570 g/mol. The maximum atomic E-state index is 13.4. The molecular weight excluding hydrogens is 538 g/mol. The quantitative estimate of drug-likeness (QED) is 0.242. The van der Waals surface area contributed by atoms with Crippen LogP contribution in [-0.2, 0) is 22.5 Å². The molecule has 210 valence electrons. The number of hydrogen-bond acceptors (Lipinski definition) is 6. The number of aryl methyl sites for hydroxylation is 1. The van der Waals surface area contributed by atoms with Gasteiger partial charge in [0.25, 0.3) is 5.91 Å². The molecule has 0 saturated carbocycles. The van der Waals surface area contributed by atoms with Crippen LogP contribution in [0.15, 0.2) is 78.9 Å². The second kappa shape index (κ2) is 12.8. The number of alkyl carbamates (subject to hydrolysis) is 1. The van der Waals surface area contributed by atoms with E-state index in [1.54, 1.807) is 0 Å². The average Bonchev–Trinajstić information content (AvgIpc) is 3.51. The summed E-state index contributed by atoms with van der Waals surface area (Å²) in [5, 5.41) is 12.7. The number of aliphatic carboxylic acids is 1. The summed E-state index contributed by atoms with van der Waals surface area (Å²) in [5.74, 6) is -1.28. The molecule has 1 aliphatic rings. The number of carboxylic acid groups (broad SMARTS) is 1. The predicted molar refractivity (Wildman–Crippen MR) is 157 cm³/mol. The summed E-state index contributed by atoms with van der Waals surface area (Å²) in [6.07, 6.45) is -0.214. The molecule has 4 aromatic rings. The summed E-state index contributed by atoms with van der Waals surface area (Å²) in [7, 11) is 0. The first-order valence-corrected chi connectivity index (χ1v) is 14.3. The van der Waals surface area contributed by atoms with Crippen molar-refractivity contribution in [3.8, 4) is 11.1 Å². The Kier molecular flexibility index (Phi) is 8.74. The highest BCUT2D eigenvalue weighted by molar-refractivity contribution is 7.11. The largest absolute Gasteiger partial charge is 0.481 e. The Balaban J connectivity index is 1.16. The number of aromatic nitrogens is 1. The first-order valence-electron chi connectivity index (χ1n) is 13.5. The summed E-state index contributed by atoms with van der Waals surface area (Å²) < 4.78 is 5.60. The maximum Gasteiger partial charge on any atom is 0.407 e. The van der Waals surface area contributed by atoms with Crippen LogP contribution in [0, 0.1) is 6.92 Å². The van der Waals surface area contributed by atoms with Gasteiger partial charge >= 0.3 is 12.1 Å². The minimum absolute atomic E-state index is 0.0108. The van der Waals surface area contributed by atoms with E-state index in [2.05, 4.69) is 34.6 Å². The molecule has 0 atom stereocenters. The highest BCUT2D eigenvalue weighted by Crippen LogP contribution is 2.44. The van der Waals surface area contributed by atoms with Gasteiger partial charge in [0.2, 0.25) is 0 Å². The van der Waals surface area contributed by atoms with Gasteiger partial charge in [-0.1, -0.05) is 78.9 Å². The van der Waals surface area contributed by atoms with Gasteiger partial charge < -0.3 is 20.1 Å². The zero-order chi connectivity index (χ0) is 28.8. The molecule has 8 nitrogen and oxygen atoms in total. The van der Waals surface area contributed by atoms with E-state index in [4.69, 9.17) is 4.74 Å². The molecular formula is C32H31N3O5S. The van der Waals surface area contributed by atoms with Crippen LogP contribution >= 0.6 is 11.3 Å². The fourth-order valence-corrected chi connectivity index (χ4v) is 6.04. The standard InChI is InChI=1S/C32H31N3O5S/c1-21-30(31(38)35(18-16-29(36)37)19-22-9-3-2-4-10-22)34-28(41-21)15-17-33-32(39)40-20-27-25-13-7-5-11-23(25)24-12-6-8-14-26(24)27/h2-14,27H,15-20H2,1H3,(H,33,39)(H,36,37). The summed E-state index contributed by atoms with van der Waals surface area (Å²) in [4.78, 5) is 43.9. The monoisotopic (exact) mass is 569 g/mol. The molecule has 2 N–H and O–H groups in total. The van der Waals surface area contributed by atoms with Crippen molar-refractivity contribution >= 4 is 29.3 Å². The number of benzene rings is 3. The number of carboxylic acids is 1. The van der Waals surface area contributed by atoms with Crippen molar-refractivity contribution in [2.24, 2.45) is 0 Å². The molecule has 9 heteroatoms. The second-order valence-corrected chi connectivity index (χ2v) is 11.2. The number of hydrogen-bond donors (Lipinski definition) is 2. The minimum atomic E-state index is -0.967. The van der Waals surface area contributed by atoms with Gasteiger partial charge in [-0.25, -0.2) is 9.78 Å². The maximum absolute atomic E-state index is 13.4. The number of thiazole rings is 1. The molecule has 0 aliphatic heterocycles. The third-order valence-electron chi connectivity index (χ3n) is 7.09. The number of nitrogens with zero attached hydrogens (tertiary/aromatic N) is 2. The van der Waals surface area contributed by atoms with Crippen LogP contribution in [0.2, 0.25) is 0 Å². The van der Waals surface area contributed by atoms with Crippen molar-refractivity contribution in [3.05, 3.63) is 111 Å². The van der Waals surface area contributed by atoms with Crippen LogP contribution in [0.4, 0.5) is 4.79 Å². The highest BCUT2D eigenvalue weighted by atomic mass is 32.1. The van der Waals surface area contributed by atoms with Crippen LogP contribution in [0.25, 0.3) is 11.1 Å². The molecule has 1 aromatic heterocycles. The smallest absolute Gasteiger partial charge is 0.407 e. The molecule has 0 fully saturated rings. The third-order valence-corrected chi connectivity index (χ3v) is 8.12. The van der Waals surface area contributed by atoms with E-state index in [1.807, 2.05) is 61.5 Å². The van der Waals surface area contributed by atoms with Gasteiger partial charge in [-0.3, -0.25) is 9.59 Å². The lowest BCUT2D eigenvalue weighted by Crippen LogP contribution is -2.33. The van der Waals surface area contributed by atoms with E-state index >= 15 is 0 Å². The molecule has 2 amide bonds. The molecule has 0 unspecified atom stereocenters. The molecule has 3 aromatic carbocycles. The number of rotatable bonds is 11. The summed E-state index contributed by atoms with van der Waals surface area (Å²) in [6.45, 7) is 2.75. The van der Waals surface area contributed by atoms with Crippen LogP contribution in [-0.4, -0.2) is 52.7 Å². The van der Waals surface area contributed by atoms with Crippen molar-refractivity contribution in [2.75, 3.05) is 19.7 Å². The fraction of sp³-hybridized carbons (Fsp3) is 0.250. The zero-order valence-electron chi connectivity index (χ0n) is 22.7. The van der Waals surface area contributed by atoms with E-state index in [0.29, 0.717) is 30.2 Å². The van der Waals surface area contributed by atoms with Crippen LogP contribution < -0.4 is 5.32 Å². The van der Waals surface area contributed by atoms with Gasteiger partial charge in [-0.15, -0.1) is 11.3 Å². The van der Waals surface area contributed by atoms with Crippen molar-refractivity contribution in [1.82, 2.24) is 15.2 Å². The highest BCUT2D eigenvalue weighted by Gasteiger charge is 2.29. The summed E-state index contributed by atoms with van der Waals surface area (Å²) in [6, 6.07) is 25.8. The van der Waals surface area contributed by atoms with Crippen LogP contribution in [0.5, 0.6) is 0 Å². The molecule has 0 saturated heterocycles. The predicted octanol–water partition coefficient (Wildman–Crippen LogP) is 5.65.